The number of aromatic nitrogens is 1. The number of benzene rings is 2. The standard InChI is InChI=1S/C19H17F2NO2.C12H16N2OS/c1-4-22-16(10-17(23)24)14-8-13(9-15(20)19(14)21)18-11(2)6-5-7-12(18)3;1-7-6-16-10(13-7)11(15)14-4-8-9(5-14)12(8,2)3/h1,5-9,16,22H,10H2,2-3H3,(H,23,24);6,8-9H,4-5H2,1-3H3. The first-order valence-electron chi connectivity index (χ1n) is 13.0. The first kappa shape index (κ1) is 29.2. The molecule has 0 spiro atoms. The highest BCUT2D eigenvalue weighted by Crippen LogP contribution is 2.62. The minimum Gasteiger partial charge on any atom is -0.481 e. The fraction of sp³-hybridized carbons (Fsp3) is 0.387. The van der Waals surface area contributed by atoms with Gasteiger partial charge in [0.2, 0.25) is 0 Å². The summed E-state index contributed by atoms with van der Waals surface area (Å²) in [6.07, 6.45) is 4.70. The van der Waals surface area contributed by atoms with Crippen LogP contribution in [-0.4, -0.2) is 40.0 Å². The molecule has 2 fully saturated rings. The maximum atomic E-state index is 14.2. The summed E-state index contributed by atoms with van der Waals surface area (Å²) in [7, 11) is 0. The number of carboxylic acids is 1. The number of hydrogen-bond donors (Lipinski definition) is 2. The Morgan fingerprint density at radius 2 is 1.82 bits per heavy atom. The predicted molar refractivity (Wildman–Crippen MR) is 152 cm³/mol. The van der Waals surface area contributed by atoms with Crippen molar-refractivity contribution in [2.24, 2.45) is 17.3 Å². The molecule has 1 saturated heterocycles. The van der Waals surface area contributed by atoms with Crippen molar-refractivity contribution < 1.29 is 23.5 Å². The van der Waals surface area contributed by atoms with E-state index in [0.29, 0.717) is 16.0 Å². The molecule has 0 bridgehead atoms. The monoisotopic (exact) mass is 565 g/mol. The number of nitrogens with zero attached hydrogens (tertiary/aromatic N) is 2. The first-order valence-corrected chi connectivity index (χ1v) is 13.9. The van der Waals surface area contributed by atoms with Crippen molar-refractivity contribution in [3.8, 4) is 23.6 Å². The average molecular weight is 566 g/mol. The number of likely N-dealkylation sites (tertiary alicyclic amines) is 1. The number of carbonyl (C=O) groups is 2. The molecule has 1 aromatic heterocycles. The third-order valence-corrected chi connectivity index (χ3v) is 9.00. The van der Waals surface area contributed by atoms with E-state index in [9.17, 15) is 18.4 Å². The lowest BCUT2D eigenvalue weighted by Gasteiger charge is -2.20. The van der Waals surface area contributed by atoms with Crippen LogP contribution < -0.4 is 5.32 Å². The van der Waals surface area contributed by atoms with Crippen molar-refractivity contribution in [3.05, 3.63) is 74.7 Å². The van der Waals surface area contributed by atoms with Crippen LogP contribution in [0, 0.1) is 62.1 Å². The number of aryl methyl sites for hydroxylation is 3. The number of aliphatic carboxylic acids is 1. The number of amides is 1. The van der Waals surface area contributed by atoms with E-state index in [0.717, 1.165) is 53.4 Å². The molecule has 9 heteroatoms. The Hall–Kier alpha value is -3.77. The molecule has 1 saturated carbocycles. The zero-order valence-corrected chi connectivity index (χ0v) is 24.0. The second kappa shape index (κ2) is 11.4. The number of fused-ring (bicyclic) bond motifs is 1. The number of rotatable bonds is 6. The highest BCUT2D eigenvalue weighted by molar-refractivity contribution is 7.11. The summed E-state index contributed by atoms with van der Waals surface area (Å²) in [5.41, 5.74) is 4.39. The Balaban J connectivity index is 0.000000199. The summed E-state index contributed by atoms with van der Waals surface area (Å²) >= 11 is 1.46. The molecule has 1 aliphatic carbocycles. The molecule has 5 rings (SSSR count). The first-order chi connectivity index (χ1) is 18.8. The van der Waals surface area contributed by atoms with Crippen molar-refractivity contribution in [2.75, 3.05) is 13.1 Å². The van der Waals surface area contributed by atoms with Crippen LogP contribution in [0.15, 0.2) is 35.7 Å². The third kappa shape index (κ3) is 5.87. The van der Waals surface area contributed by atoms with E-state index in [1.165, 1.54) is 17.4 Å². The van der Waals surface area contributed by atoms with E-state index in [4.69, 9.17) is 11.5 Å². The van der Waals surface area contributed by atoms with Crippen LogP contribution in [0.3, 0.4) is 0 Å². The van der Waals surface area contributed by atoms with Crippen molar-refractivity contribution in [3.63, 3.8) is 0 Å². The Morgan fingerprint density at radius 1 is 1.20 bits per heavy atom. The second-order valence-corrected chi connectivity index (χ2v) is 12.0. The van der Waals surface area contributed by atoms with Crippen LogP contribution in [0.25, 0.3) is 11.1 Å². The van der Waals surface area contributed by atoms with E-state index in [1.807, 2.05) is 49.3 Å². The van der Waals surface area contributed by atoms with Crippen LogP contribution in [-0.2, 0) is 4.79 Å². The van der Waals surface area contributed by atoms with E-state index in [1.54, 1.807) is 0 Å². The number of halogens is 2. The molecule has 2 N–H and O–H groups in total. The molecule has 2 aliphatic rings. The summed E-state index contributed by atoms with van der Waals surface area (Å²) in [6, 6.07) is 9.26. The maximum Gasteiger partial charge on any atom is 0.305 e. The van der Waals surface area contributed by atoms with Gasteiger partial charge in [-0.3, -0.25) is 9.59 Å². The zero-order chi connectivity index (χ0) is 29.4. The number of nitrogens with one attached hydrogen (secondary N) is 1. The average Bonchev–Trinajstić information content (AvgIpc) is 3.30. The summed E-state index contributed by atoms with van der Waals surface area (Å²) < 4.78 is 28.4. The minimum atomic E-state index is -1.17. The summed E-state index contributed by atoms with van der Waals surface area (Å²) in [5, 5.41) is 14.0. The fourth-order valence-electron chi connectivity index (χ4n) is 5.68. The molecule has 2 aromatic carbocycles. The summed E-state index contributed by atoms with van der Waals surface area (Å²) in [6.45, 7) is 12.1. The van der Waals surface area contributed by atoms with Crippen LogP contribution in [0.4, 0.5) is 8.78 Å². The largest absolute Gasteiger partial charge is 0.481 e. The molecule has 6 nitrogen and oxygen atoms in total. The SMILES string of the molecule is C#CNC(CC(=O)O)c1cc(-c2c(C)cccc2C)cc(F)c1F.Cc1csc(C(=O)N2CC3C(C2)C3(C)C)n1. The van der Waals surface area contributed by atoms with Crippen LogP contribution >= 0.6 is 11.3 Å². The van der Waals surface area contributed by atoms with Gasteiger partial charge in [-0.05, 0) is 72.4 Å². The topological polar surface area (TPSA) is 82.5 Å². The van der Waals surface area contributed by atoms with E-state index in [-0.39, 0.29) is 11.5 Å². The van der Waals surface area contributed by atoms with Gasteiger partial charge in [0.15, 0.2) is 16.6 Å². The number of hydrogen-bond acceptors (Lipinski definition) is 5. The Kier molecular flexibility index (Phi) is 8.31. The van der Waals surface area contributed by atoms with E-state index >= 15 is 0 Å². The Morgan fingerprint density at radius 3 is 2.35 bits per heavy atom. The number of carbonyl (C=O) groups excluding carboxylic acids is 1. The van der Waals surface area contributed by atoms with Crippen molar-refractivity contribution in [2.45, 2.75) is 47.1 Å². The van der Waals surface area contributed by atoms with Gasteiger partial charge in [-0.15, -0.1) is 11.3 Å². The van der Waals surface area contributed by atoms with E-state index < -0.39 is 30.1 Å². The normalized spacial score (nSPS) is 19.1. The molecule has 1 aliphatic heterocycles. The van der Waals surface area contributed by atoms with E-state index in [2.05, 4.69) is 30.2 Å². The predicted octanol–water partition coefficient (Wildman–Crippen LogP) is 6.12. The van der Waals surface area contributed by atoms with Crippen molar-refractivity contribution in [1.82, 2.24) is 15.2 Å². The minimum absolute atomic E-state index is 0.104. The van der Waals surface area contributed by atoms with Gasteiger partial charge in [0, 0.05) is 35.8 Å². The molecule has 2 heterocycles. The third-order valence-electron chi connectivity index (χ3n) is 8.05. The molecule has 210 valence electrons. The maximum absolute atomic E-state index is 14.2. The molecule has 3 aromatic rings. The number of carboxylic acid groups (broad SMARTS) is 1. The molecule has 3 atom stereocenters. The Labute approximate surface area is 237 Å². The van der Waals surface area contributed by atoms with Gasteiger partial charge in [-0.2, -0.15) is 0 Å². The van der Waals surface area contributed by atoms with Gasteiger partial charge in [0.25, 0.3) is 5.91 Å². The van der Waals surface area contributed by atoms with Crippen molar-refractivity contribution in [1.29, 1.82) is 0 Å². The lowest BCUT2D eigenvalue weighted by molar-refractivity contribution is -0.137. The van der Waals surface area contributed by atoms with Gasteiger partial charge < -0.3 is 15.3 Å². The van der Waals surface area contributed by atoms with Crippen molar-refractivity contribution >= 4 is 23.2 Å². The summed E-state index contributed by atoms with van der Waals surface area (Å²) in [5.74, 6) is -1.74. The highest BCUT2D eigenvalue weighted by atomic mass is 32.1. The van der Waals surface area contributed by atoms with Gasteiger partial charge in [-0.1, -0.05) is 38.5 Å². The lowest BCUT2D eigenvalue weighted by atomic mass is 9.92. The zero-order valence-electron chi connectivity index (χ0n) is 23.2. The summed E-state index contributed by atoms with van der Waals surface area (Å²) in [4.78, 5) is 29.3. The van der Waals surface area contributed by atoms with Gasteiger partial charge in [0.1, 0.15) is 0 Å². The molecule has 3 unspecified atom stereocenters. The number of piperidine rings is 1. The molecule has 40 heavy (non-hydrogen) atoms. The van der Waals surface area contributed by atoms with Crippen LogP contribution in [0.5, 0.6) is 0 Å². The molecule has 0 radical (unpaired) electrons. The molecular weight excluding hydrogens is 532 g/mol. The van der Waals surface area contributed by atoms with Crippen LogP contribution in [0.2, 0.25) is 0 Å². The Bertz CT molecular complexity index is 1460. The van der Waals surface area contributed by atoms with Gasteiger partial charge in [0.05, 0.1) is 12.5 Å². The number of terminal acetylenes is 1. The quantitative estimate of drug-likeness (QED) is 0.278. The number of thiazole rings is 1. The fourth-order valence-corrected chi connectivity index (χ4v) is 6.44. The van der Waals surface area contributed by atoms with Crippen LogP contribution in [0.1, 0.15) is 58.5 Å². The lowest BCUT2D eigenvalue weighted by Crippen LogP contribution is -2.32. The second-order valence-electron chi connectivity index (χ2n) is 11.1. The highest BCUT2D eigenvalue weighted by Gasteiger charge is 2.62. The van der Waals surface area contributed by atoms with Gasteiger partial charge in [-0.25, -0.2) is 13.8 Å². The molecule has 1 amide bonds. The van der Waals surface area contributed by atoms with Gasteiger partial charge >= 0.3 is 5.97 Å². The molecular formula is C31H33F2N3O3S. The smallest absolute Gasteiger partial charge is 0.305 e.